The fraction of sp³-hybridized carbons (Fsp3) is 0.278. The summed E-state index contributed by atoms with van der Waals surface area (Å²) in [7, 11) is -7.31. The van der Waals surface area contributed by atoms with Gasteiger partial charge in [-0.3, -0.25) is 4.72 Å². The first-order valence-corrected chi connectivity index (χ1v) is 12.0. The summed E-state index contributed by atoms with van der Waals surface area (Å²) in [5.41, 5.74) is 1.31. The minimum atomic E-state index is -3.77. The first-order chi connectivity index (χ1) is 13.1. The second kappa shape index (κ2) is 7.51. The molecule has 2 aromatic carbocycles. The standard InChI is InChI=1S/C18H20FN3O4S2/c1-3-28(25,26)21-16-11-7-5-9-14(16)17-12-18(22(20-17)27(2,23)24)13-8-4-6-10-15(13)19/h4-11,18,21H,3,12H2,1-2H3/t18-/m1/s1. The average Bonchev–Trinajstić information content (AvgIpc) is 3.07. The van der Waals surface area contributed by atoms with E-state index in [0.717, 1.165) is 10.7 Å². The van der Waals surface area contributed by atoms with Crippen LogP contribution in [0.2, 0.25) is 0 Å². The van der Waals surface area contributed by atoms with Gasteiger partial charge in [-0.2, -0.15) is 9.52 Å². The maximum Gasteiger partial charge on any atom is 0.247 e. The van der Waals surface area contributed by atoms with Crippen molar-refractivity contribution >= 4 is 31.4 Å². The Morgan fingerprint density at radius 3 is 2.39 bits per heavy atom. The summed E-state index contributed by atoms with van der Waals surface area (Å²) in [6.45, 7) is 1.51. The molecule has 10 heteroatoms. The van der Waals surface area contributed by atoms with Crippen LogP contribution in [0.5, 0.6) is 0 Å². The Morgan fingerprint density at radius 2 is 1.75 bits per heavy atom. The van der Waals surface area contributed by atoms with Gasteiger partial charge in [0.2, 0.25) is 20.0 Å². The molecule has 0 bridgehead atoms. The number of hydrogen-bond donors (Lipinski definition) is 1. The summed E-state index contributed by atoms with van der Waals surface area (Å²) in [6, 6.07) is 11.7. The second-order valence-corrected chi connectivity index (χ2v) is 10.2. The highest BCUT2D eigenvalue weighted by Crippen LogP contribution is 2.37. The minimum Gasteiger partial charge on any atom is -0.283 e. The number of anilines is 1. The van der Waals surface area contributed by atoms with E-state index in [9.17, 15) is 21.2 Å². The van der Waals surface area contributed by atoms with Crippen LogP contribution in [0.15, 0.2) is 53.6 Å². The largest absolute Gasteiger partial charge is 0.283 e. The highest BCUT2D eigenvalue weighted by molar-refractivity contribution is 7.92. The summed E-state index contributed by atoms with van der Waals surface area (Å²) >= 11 is 0. The van der Waals surface area contributed by atoms with E-state index < -0.39 is 31.9 Å². The lowest BCUT2D eigenvalue weighted by molar-refractivity contribution is 0.365. The minimum absolute atomic E-state index is 0.110. The van der Waals surface area contributed by atoms with Gasteiger partial charge >= 0.3 is 0 Å². The van der Waals surface area contributed by atoms with Crippen LogP contribution in [-0.4, -0.2) is 39.0 Å². The Hall–Kier alpha value is -2.46. The van der Waals surface area contributed by atoms with Gasteiger partial charge in [-0.1, -0.05) is 36.4 Å². The topological polar surface area (TPSA) is 95.9 Å². The molecule has 28 heavy (non-hydrogen) atoms. The Morgan fingerprint density at radius 1 is 1.11 bits per heavy atom. The van der Waals surface area contributed by atoms with Crippen molar-refractivity contribution in [3.63, 3.8) is 0 Å². The summed E-state index contributed by atoms with van der Waals surface area (Å²) in [5.74, 6) is -0.640. The zero-order valence-electron chi connectivity index (χ0n) is 15.3. The molecule has 3 rings (SSSR count). The van der Waals surface area contributed by atoms with E-state index in [2.05, 4.69) is 9.82 Å². The lowest BCUT2D eigenvalue weighted by Gasteiger charge is -2.21. The molecule has 0 saturated heterocycles. The first kappa shape index (κ1) is 20.3. The van der Waals surface area contributed by atoms with Gasteiger partial charge in [-0.15, -0.1) is 0 Å². The molecule has 1 aliphatic heterocycles. The fourth-order valence-electron chi connectivity index (χ4n) is 3.00. The molecule has 1 aliphatic rings. The van der Waals surface area contributed by atoms with Crippen molar-refractivity contribution in [1.29, 1.82) is 0 Å². The van der Waals surface area contributed by atoms with Crippen LogP contribution in [0.1, 0.15) is 30.5 Å². The molecular formula is C18H20FN3O4S2. The molecular weight excluding hydrogens is 405 g/mol. The van der Waals surface area contributed by atoms with Crippen molar-refractivity contribution in [2.24, 2.45) is 5.10 Å². The first-order valence-electron chi connectivity index (χ1n) is 8.53. The van der Waals surface area contributed by atoms with E-state index in [-0.39, 0.29) is 17.7 Å². The molecule has 0 radical (unpaired) electrons. The summed E-state index contributed by atoms with van der Waals surface area (Å²) in [4.78, 5) is 0. The molecule has 0 unspecified atom stereocenters. The molecule has 1 heterocycles. The molecule has 0 aromatic heterocycles. The van der Waals surface area contributed by atoms with E-state index in [1.807, 2.05) is 0 Å². The van der Waals surface area contributed by atoms with Crippen LogP contribution in [0.3, 0.4) is 0 Å². The Kier molecular flexibility index (Phi) is 5.44. The van der Waals surface area contributed by atoms with Crippen LogP contribution < -0.4 is 4.72 Å². The monoisotopic (exact) mass is 425 g/mol. The number of benzene rings is 2. The number of halogens is 1. The van der Waals surface area contributed by atoms with Crippen molar-refractivity contribution in [3.05, 3.63) is 65.5 Å². The highest BCUT2D eigenvalue weighted by Gasteiger charge is 2.36. The van der Waals surface area contributed by atoms with Crippen molar-refractivity contribution < 1.29 is 21.2 Å². The Labute approximate surface area is 164 Å². The molecule has 1 atom stereocenters. The molecule has 1 N–H and O–H groups in total. The van der Waals surface area contributed by atoms with Crippen molar-refractivity contribution in [3.8, 4) is 0 Å². The molecule has 0 amide bonds. The number of rotatable bonds is 6. The smallest absolute Gasteiger partial charge is 0.247 e. The molecule has 0 aliphatic carbocycles. The summed E-state index contributed by atoms with van der Waals surface area (Å²) in [6.07, 6.45) is 1.11. The van der Waals surface area contributed by atoms with Gasteiger partial charge in [0.05, 0.1) is 29.4 Å². The lowest BCUT2D eigenvalue weighted by atomic mass is 9.98. The molecule has 7 nitrogen and oxygen atoms in total. The normalized spacial score (nSPS) is 17.5. The second-order valence-electron chi connectivity index (χ2n) is 6.37. The number of nitrogens with zero attached hydrogens (tertiary/aromatic N) is 2. The lowest BCUT2D eigenvalue weighted by Crippen LogP contribution is -2.26. The third kappa shape index (κ3) is 4.17. The number of para-hydroxylation sites is 1. The van der Waals surface area contributed by atoms with Gasteiger partial charge in [0, 0.05) is 17.5 Å². The van der Waals surface area contributed by atoms with Crippen LogP contribution in [-0.2, 0) is 20.0 Å². The maximum atomic E-state index is 14.3. The third-order valence-corrected chi connectivity index (χ3v) is 6.67. The van der Waals surface area contributed by atoms with E-state index in [0.29, 0.717) is 17.0 Å². The van der Waals surface area contributed by atoms with Crippen molar-refractivity contribution in [2.45, 2.75) is 19.4 Å². The van der Waals surface area contributed by atoms with Gasteiger partial charge in [0.15, 0.2) is 0 Å². The quantitative estimate of drug-likeness (QED) is 0.770. The van der Waals surface area contributed by atoms with E-state index in [4.69, 9.17) is 0 Å². The van der Waals surface area contributed by atoms with Gasteiger partial charge in [0.1, 0.15) is 5.82 Å². The van der Waals surface area contributed by atoms with E-state index >= 15 is 0 Å². The van der Waals surface area contributed by atoms with Crippen LogP contribution in [0, 0.1) is 5.82 Å². The van der Waals surface area contributed by atoms with E-state index in [1.165, 1.54) is 25.1 Å². The van der Waals surface area contributed by atoms with Crippen LogP contribution >= 0.6 is 0 Å². The molecule has 0 spiro atoms. The predicted octanol–water partition coefficient (Wildman–Crippen LogP) is 2.70. The molecule has 150 valence electrons. The maximum absolute atomic E-state index is 14.3. The van der Waals surface area contributed by atoms with Gasteiger partial charge in [-0.25, -0.2) is 21.2 Å². The predicted molar refractivity (Wildman–Crippen MR) is 107 cm³/mol. The van der Waals surface area contributed by atoms with Crippen LogP contribution in [0.25, 0.3) is 0 Å². The van der Waals surface area contributed by atoms with Gasteiger partial charge in [-0.05, 0) is 19.1 Å². The third-order valence-electron chi connectivity index (χ3n) is 4.36. The Bertz CT molecular complexity index is 1130. The zero-order chi connectivity index (χ0) is 20.5. The summed E-state index contributed by atoms with van der Waals surface area (Å²) < 4.78 is 66.1. The number of hydrazone groups is 1. The average molecular weight is 426 g/mol. The number of nitrogens with one attached hydrogen (secondary N) is 1. The molecule has 0 fully saturated rings. The van der Waals surface area contributed by atoms with Crippen LogP contribution in [0.4, 0.5) is 10.1 Å². The number of hydrogen-bond acceptors (Lipinski definition) is 5. The van der Waals surface area contributed by atoms with Crippen molar-refractivity contribution in [1.82, 2.24) is 4.41 Å². The number of sulfonamides is 2. The molecule has 2 aromatic rings. The fourth-order valence-corrected chi connectivity index (χ4v) is 4.55. The van der Waals surface area contributed by atoms with Gasteiger partial charge < -0.3 is 0 Å². The Balaban J connectivity index is 2.06. The zero-order valence-corrected chi connectivity index (χ0v) is 17.0. The SMILES string of the molecule is CCS(=O)(=O)Nc1ccccc1C1=NN(S(C)(=O)=O)[C@@H](c2ccccc2F)C1. The van der Waals surface area contributed by atoms with Crippen molar-refractivity contribution in [2.75, 3.05) is 16.7 Å². The van der Waals surface area contributed by atoms with Gasteiger partial charge in [0.25, 0.3) is 0 Å². The molecule has 0 saturated carbocycles. The highest BCUT2D eigenvalue weighted by atomic mass is 32.2. The summed E-state index contributed by atoms with van der Waals surface area (Å²) in [5, 5.41) is 4.21. The van der Waals surface area contributed by atoms with E-state index in [1.54, 1.807) is 30.3 Å².